The number of hydrogen-bond acceptors (Lipinski definition) is 4. The molecule has 0 unspecified atom stereocenters. The van der Waals surface area contributed by atoms with Gasteiger partial charge in [-0.3, -0.25) is 9.59 Å². The number of rotatable bonds is 4. The molecule has 1 aromatic heterocycles. The highest BCUT2D eigenvalue weighted by Gasteiger charge is 2.23. The van der Waals surface area contributed by atoms with Crippen molar-refractivity contribution in [3.05, 3.63) is 82.5 Å². The van der Waals surface area contributed by atoms with Crippen molar-refractivity contribution >= 4 is 28.2 Å². The molecule has 124 valence electrons. The van der Waals surface area contributed by atoms with Crippen molar-refractivity contribution in [1.29, 1.82) is 0 Å². The number of amides is 1. The van der Waals surface area contributed by atoms with Crippen molar-refractivity contribution < 1.29 is 9.59 Å². The van der Waals surface area contributed by atoms with Gasteiger partial charge in [0.1, 0.15) is 5.00 Å². The fourth-order valence-corrected chi connectivity index (χ4v) is 3.99. The summed E-state index contributed by atoms with van der Waals surface area (Å²) in [6, 6.07) is 15.9. The van der Waals surface area contributed by atoms with Crippen LogP contribution in [0, 0.1) is 0 Å². The van der Waals surface area contributed by atoms with Crippen molar-refractivity contribution in [2.75, 3.05) is 5.32 Å². The molecule has 0 spiro atoms. The second-order valence-corrected chi connectivity index (χ2v) is 6.76. The van der Waals surface area contributed by atoms with E-state index in [0.717, 1.165) is 35.5 Å². The number of carbonyl (C=O) groups is 2. The van der Waals surface area contributed by atoms with Crippen LogP contribution in [0.15, 0.2) is 54.6 Å². The third-order valence-electron chi connectivity index (χ3n) is 4.39. The van der Waals surface area contributed by atoms with Gasteiger partial charge >= 0.3 is 0 Å². The minimum Gasteiger partial charge on any atom is -0.312 e. The van der Waals surface area contributed by atoms with Crippen LogP contribution in [0.3, 0.4) is 0 Å². The summed E-state index contributed by atoms with van der Waals surface area (Å²) in [5, 5.41) is 3.76. The number of fused-ring (bicyclic) bond motifs is 1. The maximum absolute atomic E-state index is 12.8. The van der Waals surface area contributed by atoms with Crippen LogP contribution in [0.2, 0.25) is 0 Å². The zero-order chi connectivity index (χ0) is 17.2. The molecule has 3 aromatic rings. The van der Waals surface area contributed by atoms with Gasteiger partial charge in [0.2, 0.25) is 0 Å². The number of anilines is 1. The quantitative estimate of drug-likeness (QED) is 0.722. The maximum Gasteiger partial charge on any atom is 0.257 e. The molecule has 0 radical (unpaired) electrons. The molecule has 1 amide bonds. The van der Waals surface area contributed by atoms with Crippen LogP contribution >= 0.6 is 11.5 Å². The lowest BCUT2D eigenvalue weighted by Gasteiger charge is -2.09. The first kappa shape index (κ1) is 15.7. The molecule has 0 fully saturated rings. The molecule has 1 aliphatic carbocycles. The van der Waals surface area contributed by atoms with Gasteiger partial charge in [0.25, 0.3) is 5.91 Å². The molecule has 0 saturated heterocycles. The van der Waals surface area contributed by atoms with Crippen molar-refractivity contribution in [2.45, 2.75) is 19.3 Å². The van der Waals surface area contributed by atoms with E-state index in [1.165, 1.54) is 11.5 Å². The van der Waals surface area contributed by atoms with E-state index in [1.807, 2.05) is 18.2 Å². The fraction of sp³-hybridized carbons (Fsp3) is 0.150. The lowest BCUT2D eigenvalue weighted by molar-refractivity contribution is 0.0996. The molecule has 4 nitrogen and oxygen atoms in total. The zero-order valence-electron chi connectivity index (χ0n) is 13.5. The van der Waals surface area contributed by atoms with Gasteiger partial charge < -0.3 is 5.32 Å². The van der Waals surface area contributed by atoms with Gasteiger partial charge in [-0.05, 0) is 36.9 Å². The SMILES string of the molecule is O=C(Nc1snc2c1CCC2)c1ccccc1C(=O)c1ccccc1. The molecule has 1 N–H and O–H groups in total. The second kappa shape index (κ2) is 6.61. The molecule has 0 saturated carbocycles. The van der Waals surface area contributed by atoms with Crippen LogP contribution in [0.25, 0.3) is 0 Å². The Morgan fingerprint density at radius 2 is 1.64 bits per heavy atom. The third-order valence-corrected chi connectivity index (χ3v) is 5.23. The highest BCUT2D eigenvalue weighted by atomic mass is 32.1. The maximum atomic E-state index is 12.8. The van der Waals surface area contributed by atoms with Crippen LogP contribution in [0.5, 0.6) is 0 Å². The summed E-state index contributed by atoms with van der Waals surface area (Å²) in [5.41, 5.74) is 3.60. The largest absolute Gasteiger partial charge is 0.312 e. The van der Waals surface area contributed by atoms with Crippen LogP contribution in [-0.4, -0.2) is 16.1 Å². The van der Waals surface area contributed by atoms with E-state index in [0.29, 0.717) is 16.7 Å². The Hall–Kier alpha value is -2.79. The van der Waals surface area contributed by atoms with Gasteiger partial charge in [0.15, 0.2) is 5.78 Å². The number of nitrogens with zero attached hydrogens (tertiary/aromatic N) is 1. The van der Waals surface area contributed by atoms with Crippen LogP contribution < -0.4 is 5.32 Å². The Morgan fingerprint density at radius 1 is 0.920 bits per heavy atom. The van der Waals surface area contributed by atoms with Crippen LogP contribution in [0.4, 0.5) is 5.00 Å². The van der Waals surface area contributed by atoms with Gasteiger partial charge in [-0.1, -0.05) is 48.5 Å². The molecule has 0 aliphatic heterocycles. The number of hydrogen-bond donors (Lipinski definition) is 1. The fourth-order valence-electron chi connectivity index (χ4n) is 3.12. The third kappa shape index (κ3) is 2.98. The average Bonchev–Trinajstić information content (AvgIpc) is 3.27. The molecular formula is C20H16N2O2S. The number of nitrogens with one attached hydrogen (secondary N) is 1. The Balaban J connectivity index is 1.64. The van der Waals surface area contributed by atoms with E-state index in [2.05, 4.69) is 9.69 Å². The standard InChI is InChI=1S/C20H16N2O2S/c23-18(13-7-2-1-3-8-13)14-9-4-5-10-15(14)19(24)21-20-16-11-6-12-17(16)22-25-20/h1-5,7-10H,6,11-12H2,(H,21,24). The molecule has 1 aliphatic rings. The van der Waals surface area contributed by atoms with Crippen molar-refractivity contribution in [3.63, 3.8) is 0 Å². The topological polar surface area (TPSA) is 59.1 Å². The molecule has 2 aromatic carbocycles. The number of ketones is 1. The van der Waals surface area contributed by atoms with E-state index >= 15 is 0 Å². The number of aromatic nitrogens is 1. The summed E-state index contributed by atoms with van der Waals surface area (Å²) >= 11 is 1.32. The smallest absolute Gasteiger partial charge is 0.257 e. The van der Waals surface area contributed by atoms with Crippen molar-refractivity contribution in [1.82, 2.24) is 4.37 Å². The second-order valence-electron chi connectivity index (χ2n) is 5.99. The molecule has 0 atom stereocenters. The summed E-state index contributed by atoms with van der Waals surface area (Å²) in [5.74, 6) is -0.417. The summed E-state index contributed by atoms with van der Waals surface area (Å²) in [4.78, 5) is 25.6. The minimum atomic E-state index is -0.266. The molecule has 4 rings (SSSR count). The van der Waals surface area contributed by atoms with Crippen molar-refractivity contribution in [3.8, 4) is 0 Å². The number of carbonyl (C=O) groups excluding carboxylic acids is 2. The van der Waals surface area contributed by atoms with E-state index in [-0.39, 0.29) is 11.7 Å². The summed E-state index contributed by atoms with van der Waals surface area (Å²) in [7, 11) is 0. The van der Waals surface area contributed by atoms with E-state index in [4.69, 9.17) is 0 Å². The minimum absolute atomic E-state index is 0.152. The summed E-state index contributed by atoms with van der Waals surface area (Å²) in [6.07, 6.45) is 3.01. The van der Waals surface area contributed by atoms with Gasteiger partial charge in [-0.25, -0.2) is 0 Å². The van der Waals surface area contributed by atoms with Gasteiger partial charge in [-0.2, -0.15) is 4.37 Å². The van der Waals surface area contributed by atoms with E-state index in [9.17, 15) is 9.59 Å². The Kier molecular flexibility index (Phi) is 4.15. The molecule has 0 bridgehead atoms. The Bertz CT molecular complexity index is 947. The molecule has 25 heavy (non-hydrogen) atoms. The lowest BCUT2D eigenvalue weighted by Crippen LogP contribution is -2.17. The normalized spacial score (nSPS) is 12.6. The molecule has 1 heterocycles. The predicted molar refractivity (Wildman–Crippen MR) is 98.4 cm³/mol. The summed E-state index contributed by atoms with van der Waals surface area (Å²) in [6.45, 7) is 0. The lowest BCUT2D eigenvalue weighted by atomic mass is 9.98. The highest BCUT2D eigenvalue weighted by molar-refractivity contribution is 7.10. The first-order valence-corrected chi connectivity index (χ1v) is 8.99. The van der Waals surface area contributed by atoms with Crippen LogP contribution in [-0.2, 0) is 12.8 Å². The predicted octanol–water partition coefficient (Wildman–Crippen LogP) is 4.12. The highest BCUT2D eigenvalue weighted by Crippen LogP contribution is 2.32. The number of aryl methyl sites for hydroxylation is 1. The van der Waals surface area contributed by atoms with Crippen LogP contribution in [0.1, 0.15) is 44.0 Å². The first-order chi connectivity index (χ1) is 12.2. The van der Waals surface area contributed by atoms with Gasteiger partial charge in [0, 0.05) is 16.7 Å². The zero-order valence-corrected chi connectivity index (χ0v) is 14.3. The van der Waals surface area contributed by atoms with E-state index in [1.54, 1.807) is 36.4 Å². The Labute approximate surface area is 149 Å². The Morgan fingerprint density at radius 3 is 2.44 bits per heavy atom. The molecule has 5 heteroatoms. The summed E-state index contributed by atoms with van der Waals surface area (Å²) < 4.78 is 4.41. The number of benzene rings is 2. The first-order valence-electron chi connectivity index (χ1n) is 8.21. The van der Waals surface area contributed by atoms with Gasteiger partial charge in [0.05, 0.1) is 11.3 Å². The van der Waals surface area contributed by atoms with Gasteiger partial charge in [-0.15, -0.1) is 0 Å². The van der Waals surface area contributed by atoms with E-state index < -0.39 is 0 Å². The molecular weight excluding hydrogens is 332 g/mol. The van der Waals surface area contributed by atoms with Crippen molar-refractivity contribution in [2.24, 2.45) is 0 Å². The average molecular weight is 348 g/mol. The monoisotopic (exact) mass is 348 g/mol.